The van der Waals surface area contributed by atoms with Crippen LogP contribution in [0.2, 0.25) is 0 Å². The molecule has 3 aromatic rings. The van der Waals surface area contributed by atoms with Gasteiger partial charge in [0.15, 0.2) is 0 Å². The molecule has 1 atom stereocenters. The van der Waals surface area contributed by atoms with Crippen LogP contribution in [-0.2, 0) is 0 Å². The molecule has 4 rings (SSSR count). The molecule has 0 bridgehead atoms. The summed E-state index contributed by atoms with van der Waals surface area (Å²) < 4.78 is 11.2. The van der Waals surface area contributed by atoms with E-state index in [0.29, 0.717) is 17.9 Å². The van der Waals surface area contributed by atoms with Gasteiger partial charge in [-0.1, -0.05) is 18.2 Å². The Morgan fingerprint density at radius 2 is 1.77 bits per heavy atom. The van der Waals surface area contributed by atoms with Crippen molar-refractivity contribution in [3.8, 4) is 5.75 Å². The van der Waals surface area contributed by atoms with Gasteiger partial charge in [0.25, 0.3) is 0 Å². The topological polar surface area (TPSA) is 66.2 Å². The summed E-state index contributed by atoms with van der Waals surface area (Å²) in [5.74, 6) is 0.701. The van der Waals surface area contributed by atoms with E-state index in [2.05, 4.69) is 34.1 Å². The summed E-state index contributed by atoms with van der Waals surface area (Å²) in [5, 5.41) is 11.3. The highest BCUT2D eigenvalue weighted by molar-refractivity contribution is 5.82. The third-order valence-corrected chi connectivity index (χ3v) is 5.64. The molecule has 0 unspecified atom stereocenters. The quantitative estimate of drug-likeness (QED) is 0.633. The first-order valence-corrected chi connectivity index (χ1v) is 10.4. The van der Waals surface area contributed by atoms with Gasteiger partial charge in [-0.15, -0.1) is 0 Å². The van der Waals surface area contributed by atoms with Crippen LogP contribution in [0.3, 0.4) is 0 Å². The maximum absolute atomic E-state index is 11.6. The molecule has 2 aromatic carbocycles. The molecule has 1 aliphatic rings. The third-order valence-electron chi connectivity index (χ3n) is 5.64. The van der Waals surface area contributed by atoms with Crippen LogP contribution in [0.4, 0.5) is 5.69 Å². The van der Waals surface area contributed by atoms with Gasteiger partial charge in [-0.25, -0.2) is 4.79 Å². The summed E-state index contributed by atoms with van der Waals surface area (Å²) in [6.07, 6.45) is -0.571. The molecule has 2 heterocycles. The van der Waals surface area contributed by atoms with Gasteiger partial charge in [-0.3, -0.25) is 4.90 Å². The number of aliphatic hydroxyl groups is 1. The fourth-order valence-corrected chi connectivity index (χ4v) is 3.97. The number of piperazine rings is 1. The number of benzene rings is 2. The largest absolute Gasteiger partial charge is 0.491 e. The minimum atomic E-state index is -0.571. The molecule has 158 valence electrons. The lowest BCUT2D eigenvalue weighted by atomic mass is 10.1. The Labute approximate surface area is 176 Å². The number of β-amino-alcohol motifs (C(OH)–C–C–N with tert-alkyl or cyclic N) is 1. The smallest absolute Gasteiger partial charge is 0.336 e. The van der Waals surface area contributed by atoms with E-state index in [1.54, 1.807) is 0 Å². The summed E-state index contributed by atoms with van der Waals surface area (Å²) in [6.45, 7) is 8.33. The molecule has 1 aliphatic heterocycles. The first kappa shape index (κ1) is 20.4. The van der Waals surface area contributed by atoms with Crippen LogP contribution in [0.25, 0.3) is 11.0 Å². The van der Waals surface area contributed by atoms with E-state index < -0.39 is 6.10 Å². The van der Waals surface area contributed by atoms with Gasteiger partial charge in [-0.05, 0) is 49.2 Å². The molecule has 0 saturated carbocycles. The number of aliphatic hydroxyl groups excluding tert-OH is 1. The molecule has 0 radical (unpaired) electrons. The average Bonchev–Trinajstić information content (AvgIpc) is 2.73. The van der Waals surface area contributed by atoms with Crippen molar-refractivity contribution in [2.75, 3.05) is 44.2 Å². The molecule has 0 amide bonds. The van der Waals surface area contributed by atoms with Gasteiger partial charge in [0.05, 0.1) is 0 Å². The molecule has 0 aliphatic carbocycles. The SMILES string of the molecule is Cc1cc2oc(=O)cc(C)c2cc1OC[C@H](O)CN1CCN(c2ccccc2)CC1. The highest BCUT2D eigenvalue weighted by Gasteiger charge is 2.20. The average molecular weight is 408 g/mol. The Balaban J connectivity index is 1.31. The molecule has 1 fully saturated rings. The molecule has 1 N–H and O–H groups in total. The lowest BCUT2D eigenvalue weighted by Crippen LogP contribution is -2.49. The van der Waals surface area contributed by atoms with Crippen LogP contribution in [0, 0.1) is 13.8 Å². The molecular formula is C24H28N2O4. The van der Waals surface area contributed by atoms with Crippen LogP contribution in [0.15, 0.2) is 57.7 Å². The maximum atomic E-state index is 11.6. The van der Waals surface area contributed by atoms with Crippen LogP contribution in [0.5, 0.6) is 5.75 Å². The number of para-hydroxylation sites is 1. The van der Waals surface area contributed by atoms with Crippen molar-refractivity contribution >= 4 is 16.7 Å². The molecular weight excluding hydrogens is 380 g/mol. The second-order valence-corrected chi connectivity index (χ2v) is 7.95. The number of rotatable bonds is 6. The number of nitrogens with zero attached hydrogens (tertiary/aromatic N) is 2. The summed E-state index contributed by atoms with van der Waals surface area (Å²) >= 11 is 0. The van der Waals surface area contributed by atoms with Crippen molar-refractivity contribution in [3.05, 3.63) is 70.1 Å². The molecule has 6 heteroatoms. The highest BCUT2D eigenvalue weighted by atomic mass is 16.5. The highest BCUT2D eigenvalue weighted by Crippen LogP contribution is 2.27. The monoisotopic (exact) mass is 408 g/mol. The lowest BCUT2D eigenvalue weighted by Gasteiger charge is -2.36. The standard InChI is InChI=1S/C24H28N2O4/c1-17-13-24(28)30-23-12-18(2)22(14-21(17)23)29-16-20(27)15-25-8-10-26(11-9-25)19-6-4-3-5-7-19/h3-7,12-14,20,27H,8-11,15-16H2,1-2H3/t20-/m1/s1. The molecule has 1 aromatic heterocycles. The summed E-state index contributed by atoms with van der Waals surface area (Å²) in [4.78, 5) is 16.2. The van der Waals surface area contributed by atoms with Gasteiger partial charge < -0.3 is 19.2 Å². The summed E-state index contributed by atoms with van der Waals surface area (Å²) in [7, 11) is 0. The van der Waals surface area contributed by atoms with Crippen molar-refractivity contribution < 1.29 is 14.3 Å². The fourth-order valence-electron chi connectivity index (χ4n) is 3.97. The fraction of sp³-hybridized carbons (Fsp3) is 0.375. The predicted molar refractivity (Wildman–Crippen MR) is 119 cm³/mol. The van der Waals surface area contributed by atoms with E-state index in [0.717, 1.165) is 42.7 Å². The Kier molecular flexibility index (Phi) is 6.06. The predicted octanol–water partition coefficient (Wildman–Crippen LogP) is 2.97. The number of anilines is 1. The zero-order chi connectivity index (χ0) is 21.1. The number of aryl methyl sites for hydroxylation is 2. The minimum Gasteiger partial charge on any atom is -0.491 e. The van der Waals surface area contributed by atoms with Gasteiger partial charge in [0, 0.05) is 49.9 Å². The van der Waals surface area contributed by atoms with Crippen molar-refractivity contribution in [2.45, 2.75) is 20.0 Å². The van der Waals surface area contributed by atoms with Crippen molar-refractivity contribution in [2.24, 2.45) is 0 Å². The minimum absolute atomic E-state index is 0.223. The van der Waals surface area contributed by atoms with Gasteiger partial charge in [-0.2, -0.15) is 0 Å². The van der Waals surface area contributed by atoms with Crippen LogP contribution >= 0.6 is 0 Å². The molecule has 1 saturated heterocycles. The zero-order valence-electron chi connectivity index (χ0n) is 17.5. The third kappa shape index (κ3) is 4.66. The van der Waals surface area contributed by atoms with E-state index in [1.165, 1.54) is 11.8 Å². The molecule has 30 heavy (non-hydrogen) atoms. The second kappa shape index (κ2) is 8.90. The number of hydrogen-bond donors (Lipinski definition) is 1. The van der Waals surface area contributed by atoms with Crippen molar-refractivity contribution in [3.63, 3.8) is 0 Å². The van der Waals surface area contributed by atoms with Gasteiger partial charge in [0.1, 0.15) is 24.0 Å². The first-order valence-electron chi connectivity index (χ1n) is 10.4. The summed E-state index contributed by atoms with van der Waals surface area (Å²) in [6, 6.07) is 15.6. The molecule has 0 spiro atoms. The van der Waals surface area contributed by atoms with Gasteiger partial charge >= 0.3 is 5.63 Å². The second-order valence-electron chi connectivity index (χ2n) is 7.95. The maximum Gasteiger partial charge on any atom is 0.336 e. The van der Waals surface area contributed by atoms with E-state index in [-0.39, 0.29) is 12.2 Å². The zero-order valence-corrected chi connectivity index (χ0v) is 17.5. The van der Waals surface area contributed by atoms with E-state index in [1.807, 2.05) is 32.0 Å². The normalized spacial score (nSPS) is 16.0. The van der Waals surface area contributed by atoms with E-state index in [4.69, 9.17) is 9.15 Å². The van der Waals surface area contributed by atoms with Crippen LogP contribution < -0.4 is 15.3 Å². The van der Waals surface area contributed by atoms with Gasteiger partial charge in [0.2, 0.25) is 0 Å². The van der Waals surface area contributed by atoms with E-state index >= 15 is 0 Å². The lowest BCUT2D eigenvalue weighted by molar-refractivity contribution is 0.0661. The molecule has 6 nitrogen and oxygen atoms in total. The van der Waals surface area contributed by atoms with E-state index in [9.17, 15) is 9.90 Å². The van der Waals surface area contributed by atoms with Crippen LogP contribution in [-0.4, -0.2) is 55.4 Å². The Bertz CT molecular complexity index is 1060. The Morgan fingerprint density at radius 1 is 1.03 bits per heavy atom. The van der Waals surface area contributed by atoms with Crippen LogP contribution in [0.1, 0.15) is 11.1 Å². The number of fused-ring (bicyclic) bond motifs is 1. The first-order chi connectivity index (χ1) is 14.5. The number of hydrogen-bond acceptors (Lipinski definition) is 6. The Hall–Kier alpha value is -2.83. The Morgan fingerprint density at radius 3 is 2.50 bits per heavy atom. The number of ether oxygens (including phenoxy) is 1. The summed E-state index contributed by atoms with van der Waals surface area (Å²) in [5.41, 5.74) is 3.18. The van der Waals surface area contributed by atoms with Crippen molar-refractivity contribution in [1.29, 1.82) is 0 Å². The van der Waals surface area contributed by atoms with Crippen molar-refractivity contribution in [1.82, 2.24) is 4.90 Å².